The zero-order valence-electron chi connectivity index (χ0n) is 15.3. The predicted octanol–water partition coefficient (Wildman–Crippen LogP) is 0.951. The number of nitrogens with one attached hydrogen (secondary N) is 2. The van der Waals surface area contributed by atoms with E-state index in [2.05, 4.69) is 22.5 Å². The van der Waals surface area contributed by atoms with Crippen molar-refractivity contribution in [3.8, 4) is 0 Å². The molecular weight excluding hydrogens is 352 g/mol. The molecule has 2 aliphatic rings. The van der Waals surface area contributed by atoms with Gasteiger partial charge in [-0.2, -0.15) is 4.31 Å². The van der Waals surface area contributed by atoms with Crippen molar-refractivity contribution >= 4 is 21.6 Å². The number of piperidine rings is 1. The number of amides is 1. The van der Waals surface area contributed by atoms with Crippen LogP contribution in [0.5, 0.6) is 0 Å². The molecule has 2 N–H and O–H groups in total. The summed E-state index contributed by atoms with van der Waals surface area (Å²) in [5.41, 5.74) is 0.543. The van der Waals surface area contributed by atoms with E-state index in [9.17, 15) is 13.2 Å². The number of likely N-dealkylation sites (N-methyl/N-ethyl adjacent to an activating group) is 1. The zero-order chi connectivity index (χ0) is 18.6. The van der Waals surface area contributed by atoms with Gasteiger partial charge < -0.3 is 15.5 Å². The Bertz CT molecular complexity index is 724. The first kappa shape index (κ1) is 19.3. The van der Waals surface area contributed by atoms with Crippen molar-refractivity contribution in [1.82, 2.24) is 14.5 Å². The molecule has 1 aromatic carbocycles. The summed E-state index contributed by atoms with van der Waals surface area (Å²) in [6, 6.07) is 6.60. The highest BCUT2D eigenvalue weighted by Crippen LogP contribution is 2.22. The summed E-state index contributed by atoms with van der Waals surface area (Å²) in [5, 5.41) is 6.12. The van der Waals surface area contributed by atoms with Crippen molar-refractivity contribution in [2.24, 2.45) is 5.92 Å². The molecule has 7 nitrogen and oxygen atoms in total. The van der Waals surface area contributed by atoms with Crippen LogP contribution >= 0.6 is 0 Å². The van der Waals surface area contributed by atoms with Gasteiger partial charge in [0, 0.05) is 37.8 Å². The number of carbonyl (C=O) groups is 1. The van der Waals surface area contributed by atoms with E-state index >= 15 is 0 Å². The number of nitrogens with zero attached hydrogens (tertiary/aromatic N) is 2. The van der Waals surface area contributed by atoms with Crippen LogP contribution < -0.4 is 10.6 Å². The largest absolute Gasteiger partial charge is 0.326 e. The van der Waals surface area contributed by atoms with Crippen LogP contribution in [-0.4, -0.2) is 69.3 Å². The topological polar surface area (TPSA) is 81.8 Å². The lowest BCUT2D eigenvalue weighted by atomic mass is 9.97. The van der Waals surface area contributed by atoms with E-state index in [1.807, 2.05) is 0 Å². The summed E-state index contributed by atoms with van der Waals surface area (Å²) in [4.78, 5) is 14.9. The van der Waals surface area contributed by atoms with Crippen LogP contribution in [-0.2, 0) is 14.8 Å². The molecular formula is C18H28N4O3S. The molecule has 0 aromatic heterocycles. The Labute approximate surface area is 155 Å². The maximum Gasteiger partial charge on any atom is 0.243 e. The first-order chi connectivity index (χ1) is 12.5. The Hall–Kier alpha value is -1.48. The molecule has 0 bridgehead atoms. The lowest BCUT2D eigenvalue weighted by molar-refractivity contribution is -0.120. The lowest BCUT2D eigenvalue weighted by Gasteiger charge is -2.33. The Morgan fingerprint density at radius 1 is 1.19 bits per heavy atom. The molecule has 26 heavy (non-hydrogen) atoms. The molecule has 144 valence electrons. The summed E-state index contributed by atoms with van der Waals surface area (Å²) in [6.45, 7) is 7.21. The molecule has 1 aromatic rings. The van der Waals surface area contributed by atoms with Crippen LogP contribution in [0.25, 0.3) is 0 Å². The second-order valence-electron chi connectivity index (χ2n) is 6.88. The minimum absolute atomic E-state index is 0.0152. The first-order valence-electron chi connectivity index (χ1n) is 9.35. The highest BCUT2D eigenvalue weighted by atomic mass is 32.2. The summed E-state index contributed by atoms with van der Waals surface area (Å²) in [7, 11) is -3.53. The van der Waals surface area contributed by atoms with Crippen LogP contribution in [0.2, 0.25) is 0 Å². The molecule has 0 aliphatic carbocycles. The van der Waals surface area contributed by atoms with Gasteiger partial charge in [-0.1, -0.05) is 13.0 Å². The number of sulfonamides is 1. The highest BCUT2D eigenvalue weighted by Gasteiger charge is 2.28. The van der Waals surface area contributed by atoms with Gasteiger partial charge in [0.05, 0.1) is 4.90 Å². The fourth-order valence-corrected chi connectivity index (χ4v) is 4.97. The second-order valence-corrected chi connectivity index (χ2v) is 8.82. The Morgan fingerprint density at radius 2 is 1.88 bits per heavy atom. The van der Waals surface area contributed by atoms with Crippen molar-refractivity contribution in [3.05, 3.63) is 24.3 Å². The van der Waals surface area contributed by atoms with E-state index in [1.165, 1.54) is 4.31 Å². The summed E-state index contributed by atoms with van der Waals surface area (Å²) >= 11 is 0. The van der Waals surface area contributed by atoms with E-state index in [0.717, 1.165) is 45.6 Å². The number of rotatable bonds is 5. The van der Waals surface area contributed by atoms with Gasteiger partial charge in [-0.3, -0.25) is 4.79 Å². The monoisotopic (exact) mass is 380 g/mol. The fourth-order valence-electron chi connectivity index (χ4n) is 3.50. The van der Waals surface area contributed by atoms with Gasteiger partial charge >= 0.3 is 0 Å². The average Bonchev–Trinajstić information content (AvgIpc) is 2.69. The smallest absolute Gasteiger partial charge is 0.243 e. The van der Waals surface area contributed by atoms with Crippen molar-refractivity contribution < 1.29 is 13.2 Å². The molecule has 2 saturated heterocycles. The Morgan fingerprint density at radius 3 is 2.54 bits per heavy atom. The van der Waals surface area contributed by atoms with E-state index in [-0.39, 0.29) is 16.7 Å². The van der Waals surface area contributed by atoms with E-state index in [4.69, 9.17) is 0 Å². The molecule has 2 fully saturated rings. The van der Waals surface area contributed by atoms with Crippen molar-refractivity contribution in [1.29, 1.82) is 0 Å². The number of hydrogen-bond acceptors (Lipinski definition) is 5. The third kappa shape index (κ3) is 4.43. The van der Waals surface area contributed by atoms with Crippen molar-refractivity contribution in [2.75, 3.05) is 51.1 Å². The van der Waals surface area contributed by atoms with Crippen LogP contribution in [0, 0.1) is 5.92 Å². The van der Waals surface area contributed by atoms with E-state index in [1.54, 1.807) is 24.3 Å². The van der Waals surface area contributed by atoms with Crippen LogP contribution in [0.15, 0.2) is 29.2 Å². The molecule has 1 amide bonds. The molecule has 0 atom stereocenters. The Balaban J connectivity index is 1.69. The third-order valence-corrected chi connectivity index (χ3v) is 7.12. The third-order valence-electron chi connectivity index (χ3n) is 5.23. The number of carbonyl (C=O) groups excluding carboxylic acids is 1. The number of hydrogen-bond donors (Lipinski definition) is 2. The average molecular weight is 381 g/mol. The molecule has 0 radical (unpaired) electrons. The summed E-state index contributed by atoms with van der Waals surface area (Å²) < 4.78 is 27.4. The van der Waals surface area contributed by atoms with Gasteiger partial charge in [0.1, 0.15) is 0 Å². The molecule has 8 heteroatoms. The number of benzene rings is 1. The maximum atomic E-state index is 12.9. The maximum absolute atomic E-state index is 12.9. The van der Waals surface area contributed by atoms with Gasteiger partial charge in [0.25, 0.3) is 0 Å². The molecule has 0 unspecified atom stereocenters. The number of piperazine rings is 1. The molecule has 3 rings (SSSR count). The van der Waals surface area contributed by atoms with Gasteiger partial charge in [0.15, 0.2) is 0 Å². The Kier molecular flexibility index (Phi) is 6.29. The zero-order valence-corrected chi connectivity index (χ0v) is 16.1. The van der Waals surface area contributed by atoms with Gasteiger partial charge in [-0.25, -0.2) is 8.42 Å². The van der Waals surface area contributed by atoms with Crippen LogP contribution in [0.4, 0.5) is 5.69 Å². The predicted molar refractivity (Wildman–Crippen MR) is 102 cm³/mol. The fraction of sp³-hybridized carbons (Fsp3) is 0.611. The quantitative estimate of drug-likeness (QED) is 0.795. The highest BCUT2D eigenvalue weighted by molar-refractivity contribution is 7.89. The van der Waals surface area contributed by atoms with Crippen LogP contribution in [0.3, 0.4) is 0 Å². The first-order valence-corrected chi connectivity index (χ1v) is 10.8. The van der Waals surface area contributed by atoms with Gasteiger partial charge in [0.2, 0.25) is 15.9 Å². The normalized spacial score (nSPS) is 20.8. The minimum Gasteiger partial charge on any atom is -0.326 e. The van der Waals surface area contributed by atoms with Gasteiger partial charge in [-0.05, 0) is 50.7 Å². The summed E-state index contributed by atoms with van der Waals surface area (Å²) in [6.07, 6.45) is 1.62. The molecule has 0 saturated carbocycles. The molecule has 0 spiro atoms. The minimum atomic E-state index is -3.53. The van der Waals surface area contributed by atoms with Crippen LogP contribution in [0.1, 0.15) is 19.8 Å². The lowest BCUT2D eigenvalue weighted by Crippen LogP contribution is -2.48. The van der Waals surface area contributed by atoms with Crippen molar-refractivity contribution in [3.63, 3.8) is 0 Å². The van der Waals surface area contributed by atoms with Crippen molar-refractivity contribution in [2.45, 2.75) is 24.7 Å². The SMILES string of the molecule is CCN1CCN(S(=O)(=O)c2cccc(NC(=O)C3CCNCC3)c2)CC1. The second kappa shape index (κ2) is 8.47. The van der Waals surface area contributed by atoms with E-state index < -0.39 is 10.0 Å². The standard InChI is InChI=1S/C18H28N4O3S/c1-2-21-10-12-22(13-11-21)26(24,25)17-5-3-4-16(14-17)20-18(23)15-6-8-19-9-7-15/h3-5,14-15,19H,2,6-13H2,1H3,(H,20,23). The summed E-state index contributed by atoms with van der Waals surface area (Å²) in [5.74, 6) is -0.0451. The van der Waals surface area contributed by atoms with Gasteiger partial charge in [-0.15, -0.1) is 0 Å². The molecule has 2 aliphatic heterocycles. The molecule has 2 heterocycles. The van der Waals surface area contributed by atoms with E-state index in [0.29, 0.717) is 18.8 Å². The number of anilines is 1.